The van der Waals surface area contributed by atoms with E-state index in [1.807, 2.05) is 10.8 Å². The molecule has 1 amide bonds. The van der Waals surface area contributed by atoms with Crippen molar-refractivity contribution in [2.45, 2.75) is 0 Å². The van der Waals surface area contributed by atoms with E-state index >= 15 is 0 Å². The number of amides is 1. The zero-order valence-electron chi connectivity index (χ0n) is 9.75. The van der Waals surface area contributed by atoms with E-state index in [0.717, 1.165) is 11.8 Å². The van der Waals surface area contributed by atoms with Crippen molar-refractivity contribution < 1.29 is 13.2 Å². The van der Waals surface area contributed by atoms with E-state index in [9.17, 15) is 13.2 Å². The quantitative estimate of drug-likeness (QED) is 0.941. The fraction of sp³-hybridized carbons (Fsp3) is 0.0909. The van der Waals surface area contributed by atoms with Gasteiger partial charge in [-0.2, -0.15) is 0 Å². The van der Waals surface area contributed by atoms with E-state index in [0.29, 0.717) is 10.0 Å². The first kappa shape index (κ1) is 14.0. The highest BCUT2D eigenvalue weighted by Gasteiger charge is 2.15. The van der Waals surface area contributed by atoms with Crippen molar-refractivity contribution in [1.29, 1.82) is 0 Å². The van der Waals surface area contributed by atoms with Crippen LogP contribution in [0.4, 0.5) is 0 Å². The molecule has 100 valence electrons. The monoisotopic (exact) mass is 316 g/mol. The number of halogens is 1. The lowest BCUT2D eigenvalue weighted by Crippen LogP contribution is -2.29. The van der Waals surface area contributed by atoms with Crippen molar-refractivity contribution in [3.05, 3.63) is 40.4 Å². The van der Waals surface area contributed by atoms with E-state index in [1.165, 1.54) is 16.7 Å². The first-order chi connectivity index (χ1) is 8.85. The van der Waals surface area contributed by atoms with E-state index in [4.69, 9.17) is 11.6 Å². The van der Waals surface area contributed by atoms with Gasteiger partial charge in [0.05, 0.1) is 6.26 Å². The molecule has 5 nitrogen and oxygen atoms in total. The van der Waals surface area contributed by atoms with Crippen LogP contribution in [0, 0.1) is 0 Å². The molecule has 8 heteroatoms. The molecule has 0 aliphatic heterocycles. The zero-order chi connectivity index (χ0) is 14.0. The molecule has 0 atom stereocenters. The first-order valence-electron chi connectivity index (χ1n) is 5.09. The number of thiazole rings is 1. The van der Waals surface area contributed by atoms with Crippen LogP contribution in [0.15, 0.2) is 29.6 Å². The molecular weight excluding hydrogens is 308 g/mol. The van der Waals surface area contributed by atoms with E-state index in [1.54, 1.807) is 18.2 Å². The number of carbonyl (C=O) groups excluding carboxylic acids is 1. The van der Waals surface area contributed by atoms with Gasteiger partial charge in [0, 0.05) is 16.0 Å². The fourth-order valence-electron chi connectivity index (χ4n) is 1.35. The Morgan fingerprint density at radius 2 is 2.16 bits per heavy atom. The van der Waals surface area contributed by atoms with Crippen LogP contribution in [0.5, 0.6) is 0 Å². The summed E-state index contributed by atoms with van der Waals surface area (Å²) in [5.74, 6) is -0.743. The smallest absolute Gasteiger partial charge is 0.266 e. The molecule has 1 aromatic heterocycles. The fourth-order valence-corrected chi connectivity index (χ4v) is 2.78. The standard InChI is InChI=1S/C11H9ClN2O3S2/c1-19(16,17)14-10(15)9-6-18-11(13-9)7-3-2-4-8(12)5-7/h2-6H,1H3,(H,14,15). The van der Waals surface area contributed by atoms with Crippen LogP contribution in [-0.4, -0.2) is 25.6 Å². The highest BCUT2D eigenvalue weighted by molar-refractivity contribution is 7.89. The van der Waals surface area contributed by atoms with Gasteiger partial charge in [-0.3, -0.25) is 4.79 Å². The number of carbonyl (C=O) groups is 1. The Bertz CT molecular complexity index is 725. The summed E-state index contributed by atoms with van der Waals surface area (Å²) >= 11 is 7.11. The van der Waals surface area contributed by atoms with Crippen molar-refractivity contribution in [2.75, 3.05) is 6.26 Å². The van der Waals surface area contributed by atoms with Crippen LogP contribution in [0.1, 0.15) is 10.5 Å². The summed E-state index contributed by atoms with van der Waals surface area (Å²) in [6, 6.07) is 7.03. The molecule has 19 heavy (non-hydrogen) atoms. The Morgan fingerprint density at radius 3 is 2.79 bits per heavy atom. The molecule has 0 radical (unpaired) electrons. The summed E-state index contributed by atoms with van der Waals surface area (Å²) in [7, 11) is -3.59. The lowest BCUT2D eigenvalue weighted by atomic mass is 10.2. The van der Waals surface area contributed by atoms with Crippen LogP contribution in [0.3, 0.4) is 0 Å². The molecule has 0 aliphatic carbocycles. The number of sulfonamides is 1. The lowest BCUT2D eigenvalue weighted by molar-refractivity contribution is 0.0977. The molecule has 0 fully saturated rings. The van der Waals surface area contributed by atoms with Crippen molar-refractivity contribution in [1.82, 2.24) is 9.71 Å². The number of nitrogens with one attached hydrogen (secondary N) is 1. The molecule has 1 heterocycles. The van der Waals surface area contributed by atoms with Gasteiger partial charge in [-0.15, -0.1) is 11.3 Å². The van der Waals surface area contributed by atoms with Crippen molar-refractivity contribution >= 4 is 38.9 Å². The number of nitrogens with zero attached hydrogens (tertiary/aromatic N) is 1. The van der Waals surface area contributed by atoms with Gasteiger partial charge in [-0.25, -0.2) is 18.1 Å². The molecule has 0 unspecified atom stereocenters. The minimum atomic E-state index is -3.59. The molecule has 0 saturated carbocycles. The normalized spacial score (nSPS) is 11.3. The van der Waals surface area contributed by atoms with Gasteiger partial charge in [0.2, 0.25) is 10.0 Å². The summed E-state index contributed by atoms with van der Waals surface area (Å²) in [6.07, 6.45) is 0.912. The largest absolute Gasteiger partial charge is 0.284 e. The first-order valence-corrected chi connectivity index (χ1v) is 8.23. The van der Waals surface area contributed by atoms with Crippen LogP contribution in [-0.2, 0) is 10.0 Å². The second-order valence-electron chi connectivity index (χ2n) is 3.75. The average molecular weight is 317 g/mol. The Labute approximate surface area is 119 Å². The minimum absolute atomic E-state index is 0.0606. The maximum absolute atomic E-state index is 11.6. The molecule has 0 aliphatic rings. The van der Waals surface area contributed by atoms with E-state index < -0.39 is 15.9 Å². The summed E-state index contributed by atoms with van der Waals surface area (Å²) in [5.41, 5.74) is 0.835. The van der Waals surface area contributed by atoms with E-state index in [-0.39, 0.29) is 5.69 Å². The second-order valence-corrected chi connectivity index (χ2v) is 6.79. The Morgan fingerprint density at radius 1 is 1.42 bits per heavy atom. The van der Waals surface area contributed by atoms with Crippen LogP contribution < -0.4 is 4.72 Å². The third-order valence-electron chi connectivity index (χ3n) is 2.09. The van der Waals surface area contributed by atoms with Gasteiger partial charge in [-0.05, 0) is 12.1 Å². The number of aromatic nitrogens is 1. The lowest BCUT2D eigenvalue weighted by Gasteiger charge is -1.99. The van der Waals surface area contributed by atoms with Crippen LogP contribution in [0.25, 0.3) is 10.6 Å². The van der Waals surface area contributed by atoms with Gasteiger partial charge in [-0.1, -0.05) is 23.7 Å². The topological polar surface area (TPSA) is 76.1 Å². The molecular formula is C11H9ClN2O3S2. The number of benzene rings is 1. The van der Waals surface area contributed by atoms with E-state index in [2.05, 4.69) is 4.98 Å². The Kier molecular flexibility index (Phi) is 3.88. The third kappa shape index (κ3) is 3.76. The second kappa shape index (κ2) is 5.28. The van der Waals surface area contributed by atoms with Crippen molar-refractivity contribution in [3.63, 3.8) is 0 Å². The SMILES string of the molecule is CS(=O)(=O)NC(=O)c1csc(-c2cccc(Cl)c2)n1. The van der Waals surface area contributed by atoms with Gasteiger partial charge in [0.25, 0.3) is 5.91 Å². The number of hydrogen-bond donors (Lipinski definition) is 1. The molecule has 2 aromatic rings. The predicted molar refractivity (Wildman–Crippen MR) is 74.9 cm³/mol. The maximum atomic E-state index is 11.6. The van der Waals surface area contributed by atoms with Gasteiger partial charge < -0.3 is 0 Å². The summed E-state index contributed by atoms with van der Waals surface area (Å²) in [5, 5.41) is 2.66. The average Bonchev–Trinajstić information content (AvgIpc) is 2.75. The molecule has 0 spiro atoms. The molecule has 0 saturated heterocycles. The molecule has 1 N–H and O–H groups in total. The third-order valence-corrected chi connectivity index (χ3v) is 3.77. The zero-order valence-corrected chi connectivity index (χ0v) is 12.1. The number of rotatable bonds is 3. The van der Waals surface area contributed by atoms with Gasteiger partial charge in [0.1, 0.15) is 10.7 Å². The molecule has 0 bridgehead atoms. The van der Waals surface area contributed by atoms with Crippen molar-refractivity contribution in [3.8, 4) is 10.6 Å². The summed E-state index contributed by atoms with van der Waals surface area (Å²) in [4.78, 5) is 15.7. The van der Waals surface area contributed by atoms with Crippen LogP contribution >= 0.6 is 22.9 Å². The highest BCUT2D eigenvalue weighted by atomic mass is 35.5. The van der Waals surface area contributed by atoms with Gasteiger partial charge in [0.15, 0.2) is 0 Å². The Hall–Kier alpha value is -1.44. The molecule has 1 aromatic carbocycles. The maximum Gasteiger partial charge on any atom is 0.284 e. The highest BCUT2D eigenvalue weighted by Crippen LogP contribution is 2.25. The van der Waals surface area contributed by atoms with Gasteiger partial charge >= 0.3 is 0 Å². The molecule has 2 rings (SSSR count). The minimum Gasteiger partial charge on any atom is -0.266 e. The predicted octanol–water partition coefficient (Wildman–Crippen LogP) is 2.15. The number of hydrogen-bond acceptors (Lipinski definition) is 5. The summed E-state index contributed by atoms with van der Waals surface area (Å²) < 4.78 is 23.8. The van der Waals surface area contributed by atoms with Crippen molar-refractivity contribution in [2.24, 2.45) is 0 Å². The van der Waals surface area contributed by atoms with Crippen LogP contribution in [0.2, 0.25) is 5.02 Å². The Balaban J connectivity index is 2.27. The summed E-state index contributed by atoms with van der Waals surface area (Å²) in [6.45, 7) is 0.